The van der Waals surface area contributed by atoms with Crippen LogP contribution in [-0.2, 0) is 13.7 Å². The third kappa shape index (κ3) is 3.68. The summed E-state index contributed by atoms with van der Waals surface area (Å²) in [4.78, 5) is 15.7. The highest BCUT2D eigenvalue weighted by atomic mass is 32.1. The molecule has 1 saturated carbocycles. The molecule has 4 rings (SSSR count). The van der Waals surface area contributed by atoms with Crippen LogP contribution < -0.4 is 4.90 Å². The topological polar surface area (TPSA) is 46.3 Å². The number of piperazine rings is 1. The molecule has 1 aliphatic heterocycles. The Morgan fingerprint density at radius 3 is 2.56 bits per heavy atom. The van der Waals surface area contributed by atoms with Crippen LogP contribution in [0.25, 0.3) is 0 Å². The summed E-state index contributed by atoms with van der Waals surface area (Å²) < 4.78 is 19.1. The van der Waals surface area contributed by atoms with Crippen molar-refractivity contribution in [2.75, 3.05) is 31.1 Å². The molecule has 0 unspecified atom stereocenters. The molecule has 2 heterocycles. The summed E-state index contributed by atoms with van der Waals surface area (Å²) in [6.07, 6.45) is 2.40. The van der Waals surface area contributed by atoms with Crippen LogP contribution in [0.5, 0.6) is 0 Å². The first-order valence-electron chi connectivity index (χ1n) is 9.35. The maximum atomic E-state index is 14.4. The average molecular weight is 390 g/mol. The van der Waals surface area contributed by atoms with Crippen molar-refractivity contribution in [1.29, 1.82) is 0 Å². The molecule has 0 radical (unpaired) electrons. The van der Waals surface area contributed by atoms with E-state index in [2.05, 4.69) is 4.90 Å². The fraction of sp³-hybridized carbons (Fsp3) is 0.526. The Kier molecular flexibility index (Phi) is 4.86. The molecule has 27 heavy (non-hydrogen) atoms. The second kappa shape index (κ2) is 7.16. The van der Waals surface area contributed by atoms with Crippen LogP contribution >= 0.6 is 12.2 Å². The Hall–Kier alpha value is -2.06. The van der Waals surface area contributed by atoms with Gasteiger partial charge in [0.2, 0.25) is 0 Å². The van der Waals surface area contributed by atoms with Crippen LogP contribution in [0, 0.1) is 10.6 Å². The van der Waals surface area contributed by atoms with E-state index in [-0.39, 0.29) is 11.6 Å². The van der Waals surface area contributed by atoms with Crippen molar-refractivity contribution >= 4 is 23.7 Å². The molecule has 8 heteroatoms. The maximum Gasteiger partial charge on any atom is 0.198 e. The highest BCUT2D eigenvalue weighted by Crippen LogP contribution is 2.38. The summed E-state index contributed by atoms with van der Waals surface area (Å²) in [5, 5.41) is 4.71. The lowest BCUT2D eigenvalue weighted by Crippen LogP contribution is -2.47. The van der Waals surface area contributed by atoms with Gasteiger partial charge in [0.1, 0.15) is 11.6 Å². The van der Waals surface area contributed by atoms with Gasteiger partial charge in [0.05, 0.1) is 12.4 Å². The first kappa shape index (κ1) is 18.3. The van der Waals surface area contributed by atoms with Crippen molar-refractivity contribution in [1.82, 2.24) is 19.2 Å². The van der Waals surface area contributed by atoms with Crippen LogP contribution in [0.4, 0.5) is 10.1 Å². The van der Waals surface area contributed by atoms with Crippen LogP contribution in [0.1, 0.15) is 41.9 Å². The molecule has 6 nitrogen and oxygen atoms in total. The van der Waals surface area contributed by atoms with Crippen molar-refractivity contribution in [3.63, 3.8) is 0 Å². The molecule has 0 bridgehead atoms. The number of hydrogen-bond donors (Lipinski definition) is 0. The number of carbonyl (C=O) groups excluding carboxylic acids is 1. The van der Waals surface area contributed by atoms with Crippen molar-refractivity contribution < 1.29 is 9.18 Å². The normalized spacial score (nSPS) is 18.1. The third-order valence-corrected chi connectivity index (χ3v) is 5.90. The molecular formula is C19H24FN5OS. The van der Waals surface area contributed by atoms with E-state index in [1.54, 1.807) is 12.1 Å². The van der Waals surface area contributed by atoms with E-state index in [9.17, 15) is 9.18 Å². The van der Waals surface area contributed by atoms with Crippen LogP contribution in [0.15, 0.2) is 18.2 Å². The maximum absolute atomic E-state index is 14.4. The minimum atomic E-state index is -0.336. The van der Waals surface area contributed by atoms with Gasteiger partial charge in [-0.2, -0.15) is 5.10 Å². The predicted molar refractivity (Wildman–Crippen MR) is 104 cm³/mol. The second-order valence-corrected chi connectivity index (χ2v) is 7.81. The predicted octanol–water partition coefficient (Wildman–Crippen LogP) is 2.95. The van der Waals surface area contributed by atoms with E-state index in [0.717, 1.165) is 36.8 Å². The Bertz CT molecular complexity index is 925. The highest BCUT2D eigenvalue weighted by Gasteiger charge is 2.29. The van der Waals surface area contributed by atoms with E-state index in [1.165, 1.54) is 25.8 Å². The van der Waals surface area contributed by atoms with Gasteiger partial charge in [-0.1, -0.05) is 0 Å². The number of nitrogens with zero attached hydrogens (tertiary/aromatic N) is 5. The van der Waals surface area contributed by atoms with Gasteiger partial charge in [-0.25, -0.2) is 9.07 Å². The van der Waals surface area contributed by atoms with Crippen molar-refractivity contribution in [3.05, 3.63) is 40.2 Å². The number of ketones is 1. The zero-order valence-corrected chi connectivity index (χ0v) is 16.5. The molecule has 2 aromatic rings. The van der Waals surface area contributed by atoms with E-state index >= 15 is 0 Å². The summed E-state index contributed by atoms with van der Waals surface area (Å²) in [5.74, 6) is 1.20. The van der Waals surface area contributed by atoms with Crippen molar-refractivity contribution in [3.8, 4) is 0 Å². The molecule has 0 amide bonds. The number of halogens is 1. The first-order chi connectivity index (χ1) is 12.9. The van der Waals surface area contributed by atoms with Crippen LogP contribution in [0.3, 0.4) is 0 Å². The van der Waals surface area contributed by atoms with E-state index in [1.807, 2.05) is 21.2 Å². The quantitative estimate of drug-likeness (QED) is 0.581. The fourth-order valence-electron chi connectivity index (χ4n) is 3.60. The molecule has 0 N–H and O–H groups in total. The van der Waals surface area contributed by atoms with Gasteiger partial charge in [0.25, 0.3) is 0 Å². The number of rotatable bonds is 5. The lowest BCUT2D eigenvalue weighted by atomic mass is 10.1. The van der Waals surface area contributed by atoms with Crippen molar-refractivity contribution in [2.24, 2.45) is 7.05 Å². The number of aromatic nitrogens is 3. The largest absolute Gasteiger partial charge is 0.367 e. The van der Waals surface area contributed by atoms with Gasteiger partial charge >= 0.3 is 0 Å². The molecule has 1 aliphatic carbocycles. The lowest BCUT2D eigenvalue weighted by molar-refractivity contribution is 0.101. The molecule has 1 saturated heterocycles. The van der Waals surface area contributed by atoms with Gasteiger partial charge in [-0.15, -0.1) is 0 Å². The number of benzene rings is 1. The average Bonchev–Trinajstić information content (AvgIpc) is 3.45. The Morgan fingerprint density at radius 2 is 1.96 bits per heavy atom. The van der Waals surface area contributed by atoms with Crippen LogP contribution in [-0.4, -0.2) is 51.2 Å². The lowest BCUT2D eigenvalue weighted by Gasteiger charge is -2.36. The molecular weight excluding hydrogens is 365 g/mol. The van der Waals surface area contributed by atoms with Gasteiger partial charge in [-0.3, -0.25) is 9.69 Å². The molecule has 0 spiro atoms. The summed E-state index contributed by atoms with van der Waals surface area (Å²) >= 11 is 5.53. The Balaban J connectivity index is 1.40. The second-order valence-electron chi connectivity index (χ2n) is 7.44. The molecule has 144 valence electrons. The summed E-state index contributed by atoms with van der Waals surface area (Å²) in [6.45, 7) is 5.19. The number of carbonyl (C=O) groups is 1. The smallest absolute Gasteiger partial charge is 0.198 e. The zero-order chi connectivity index (χ0) is 19.1. The summed E-state index contributed by atoms with van der Waals surface area (Å²) in [7, 11) is 1.99. The molecule has 2 fully saturated rings. The molecule has 2 aliphatic rings. The fourth-order valence-corrected chi connectivity index (χ4v) is 3.79. The van der Waals surface area contributed by atoms with E-state index in [0.29, 0.717) is 23.8 Å². The molecule has 1 aromatic carbocycles. The third-order valence-electron chi connectivity index (χ3n) is 5.42. The molecule has 0 atom stereocenters. The number of anilines is 1. The Labute approximate surface area is 163 Å². The summed E-state index contributed by atoms with van der Waals surface area (Å²) in [5.41, 5.74) is 0.969. The molecule has 1 aromatic heterocycles. The monoisotopic (exact) mass is 389 g/mol. The minimum absolute atomic E-state index is 0.122. The zero-order valence-electron chi connectivity index (χ0n) is 15.7. The van der Waals surface area contributed by atoms with Crippen LogP contribution in [0.2, 0.25) is 0 Å². The Morgan fingerprint density at radius 1 is 1.26 bits per heavy atom. The number of hydrogen-bond acceptors (Lipinski definition) is 5. The van der Waals surface area contributed by atoms with Gasteiger partial charge < -0.3 is 9.47 Å². The van der Waals surface area contributed by atoms with Gasteiger partial charge in [0, 0.05) is 44.7 Å². The van der Waals surface area contributed by atoms with E-state index in [4.69, 9.17) is 17.3 Å². The van der Waals surface area contributed by atoms with Gasteiger partial charge in [0.15, 0.2) is 10.6 Å². The van der Waals surface area contributed by atoms with Crippen molar-refractivity contribution in [2.45, 2.75) is 32.4 Å². The minimum Gasteiger partial charge on any atom is -0.367 e. The SMILES string of the molecule is CC(=O)c1ccc(N2CCN(Cn3nc(C4CC4)n(C)c3=S)CC2)c(F)c1. The summed E-state index contributed by atoms with van der Waals surface area (Å²) in [6, 6.07) is 4.73. The standard InChI is InChI=1S/C19H24FN5OS/c1-13(26)15-5-6-17(16(20)11-15)24-9-7-23(8-10-24)12-25-19(27)22(2)18(21-25)14-3-4-14/h5-6,11,14H,3-4,7-10,12H2,1-2H3. The number of Topliss-reactive ketones (excluding diaryl/α,β-unsaturated/α-hetero) is 1. The van der Waals surface area contributed by atoms with Gasteiger partial charge in [-0.05, 0) is 50.2 Å². The first-order valence-corrected chi connectivity index (χ1v) is 9.76. The highest BCUT2D eigenvalue weighted by molar-refractivity contribution is 7.71. The van der Waals surface area contributed by atoms with E-state index < -0.39 is 0 Å².